The van der Waals surface area contributed by atoms with Crippen molar-refractivity contribution < 1.29 is 4.79 Å². The minimum absolute atomic E-state index is 0.0398. The average Bonchev–Trinajstić information content (AvgIpc) is 3.00. The standard InChI is InChI=1S/C25H26N2OS/c1-4-27-23-8-6-5-7-21(23)22-14-20(9-10-24(22)27)26-25(28)16-29-15-19-12-17(2)11-18(3)13-19/h5-14H,4,15-16H2,1-3H3,(H,26,28). The van der Waals surface area contributed by atoms with E-state index in [0.29, 0.717) is 5.75 Å². The van der Waals surface area contributed by atoms with Crippen LogP contribution >= 0.6 is 11.8 Å². The van der Waals surface area contributed by atoms with E-state index >= 15 is 0 Å². The van der Waals surface area contributed by atoms with Crippen molar-refractivity contribution in [2.45, 2.75) is 33.1 Å². The summed E-state index contributed by atoms with van der Waals surface area (Å²) in [6, 6.07) is 21.2. The molecule has 0 spiro atoms. The molecule has 148 valence electrons. The first kappa shape index (κ1) is 19.6. The summed E-state index contributed by atoms with van der Waals surface area (Å²) < 4.78 is 2.32. The van der Waals surface area contributed by atoms with Crippen LogP contribution in [-0.4, -0.2) is 16.2 Å². The first-order valence-corrected chi connectivity index (χ1v) is 11.2. The van der Waals surface area contributed by atoms with Gasteiger partial charge in [0, 0.05) is 39.8 Å². The highest BCUT2D eigenvalue weighted by Crippen LogP contribution is 2.31. The van der Waals surface area contributed by atoms with Crippen molar-refractivity contribution in [1.29, 1.82) is 0 Å². The maximum absolute atomic E-state index is 12.5. The van der Waals surface area contributed by atoms with Crippen molar-refractivity contribution in [3.63, 3.8) is 0 Å². The van der Waals surface area contributed by atoms with Crippen LogP contribution in [-0.2, 0) is 17.1 Å². The number of amides is 1. The average molecular weight is 403 g/mol. The van der Waals surface area contributed by atoms with Crippen LogP contribution in [0.4, 0.5) is 5.69 Å². The van der Waals surface area contributed by atoms with Crippen molar-refractivity contribution in [2.75, 3.05) is 11.1 Å². The molecule has 0 aliphatic rings. The van der Waals surface area contributed by atoms with E-state index in [0.717, 1.165) is 18.0 Å². The summed E-state index contributed by atoms with van der Waals surface area (Å²) in [5.41, 5.74) is 7.10. The molecule has 1 amide bonds. The second-order valence-corrected chi connectivity index (χ2v) is 8.52. The van der Waals surface area contributed by atoms with Crippen molar-refractivity contribution in [3.05, 3.63) is 77.4 Å². The molecule has 3 aromatic carbocycles. The number of nitrogens with one attached hydrogen (secondary N) is 1. The van der Waals surface area contributed by atoms with Gasteiger partial charge in [-0.25, -0.2) is 0 Å². The van der Waals surface area contributed by atoms with Crippen LogP contribution in [0.15, 0.2) is 60.7 Å². The summed E-state index contributed by atoms with van der Waals surface area (Å²) in [5, 5.41) is 5.48. The van der Waals surface area contributed by atoms with E-state index in [1.165, 1.54) is 38.5 Å². The fourth-order valence-corrected chi connectivity index (χ4v) is 4.85. The van der Waals surface area contributed by atoms with Gasteiger partial charge < -0.3 is 9.88 Å². The quantitative estimate of drug-likeness (QED) is 0.410. The van der Waals surface area contributed by atoms with E-state index in [2.05, 4.69) is 85.3 Å². The SMILES string of the molecule is CCn1c2ccccc2c2cc(NC(=O)CSCc3cc(C)cc(C)c3)ccc21. The number of nitrogens with zero attached hydrogens (tertiary/aromatic N) is 1. The smallest absolute Gasteiger partial charge is 0.234 e. The molecule has 0 saturated carbocycles. The minimum Gasteiger partial charge on any atom is -0.341 e. The van der Waals surface area contributed by atoms with E-state index in [1.54, 1.807) is 11.8 Å². The van der Waals surface area contributed by atoms with Crippen LogP contribution in [0.3, 0.4) is 0 Å². The van der Waals surface area contributed by atoms with Crippen LogP contribution in [0, 0.1) is 13.8 Å². The number of thioether (sulfide) groups is 1. The Hall–Kier alpha value is -2.72. The summed E-state index contributed by atoms with van der Waals surface area (Å²) in [5.74, 6) is 1.33. The topological polar surface area (TPSA) is 34.0 Å². The molecule has 4 rings (SSSR count). The Labute approximate surface area is 176 Å². The van der Waals surface area contributed by atoms with E-state index < -0.39 is 0 Å². The van der Waals surface area contributed by atoms with Crippen LogP contribution in [0.5, 0.6) is 0 Å². The summed E-state index contributed by atoms with van der Waals surface area (Å²) in [7, 11) is 0. The van der Waals surface area contributed by atoms with Gasteiger partial charge in [-0.1, -0.05) is 47.5 Å². The monoisotopic (exact) mass is 402 g/mol. The molecule has 0 saturated heterocycles. The van der Waals surface area contributed by atoms with Gasteiger partial charge in [0.05, 0.1) is 5.75 Å². The molecule has 1 heterocycles. The molecular weight excluding hydrogens is 376 g/mol. The van der Waals surface area contributed by atoms with Crippen LogP contribution in [0.2, 0.25) is 0 Å². The van der Waals surface area contributed by atoms with Crippen LogP contribution < -0.4 is 5.32 Å². The molecule has 0 atom stereocenters. The molecule has 0 bridgehead atoms. The number of fused-ring (bicyclic) bond motifs is 3. The summed E-state index contributed by atoms with van der Waals surface area (Å²) >= 11 is 1.65. The Kier molecular flexibility index (Phi) is 5.63. The summed E-state index contributed by atoms with van der Waals surface area (Å²) in [4.78, 5) is 12.5. The van der Waals surface area contributed by atoms with Crippen molar-refractivity contribution >= 4 is 45.2 Å². The van der Waals surface area contributed by atoms with Crippen molar-refractivity contribution in [2.24, 2.45) is 0 Å². The lowest BCUT2D eigenvalue weighted by Gasteiger charge is -2.08. The number of rotatable bonds is 6. The molecule has 29 heavy (non-hydrogen) atoms. The maximum Gasteiger partial charge on any atom is 0.234 e. The summed E-state index contributed by atoms with van der Waals surface area (Å²) in [6.07, 6.45) is 0. The largest absolute Gasteiger partial charge is 0.341 e. The van der Waals surface area contributed by atoms with Gasteiger partial charge in [-0.3, -0.25) is 4.79 Å². The minimum atomic E-state index is 0.0398. The highest BCUT2D eigenvalue weighted by Gasteiger charge is 2.11. The first-order chi connectivity index (χ1) is 14.0. The summed E-state index contributed by atoms with van der Waals surface area (Å²) in [6.45, 7) is 7.30. The normalized spacial score (nSPS) is 11.3. The van der Waals surface area contributed by atoms with Gasteiger partial charge in [-0.15, -0.1) is 11.8 Å². The Morgan fingerprint density at radius 3 is 2.41 bits per heavy atom. The number of anilines is 1. The van der Waals surface area contributed by atoms with E-state index in [9.17, 15) is 4.79 Å². The zero-order valence-electron chi connectivity index (χ0n) is 17.2. The van der Waals surface area contributed by atoms with Gasteiger partial charge in [0.2, 0.25) is 5.91 Å². The van der Waals surface area contributed by atoms with E-state index in [1.807, 2.05) is 6.07 Å². The Morgan fingerprint density at radius 1 is 0.931 bits per heavy atom. The lowest BCUT2D eigenvalue weighted by molar-refractivity contribution is -0.113. The number of hydrogen-bond donors (Lipinski definition) is 1. The molecule has 0 radical (unpaired) electrons. The zero-order chi connectivity index (χ0) is 20.4. The van der Waals surface area contributed by atoms with Gasteiger partial charge >= 0.3 is 0 Å². The molecule has 0 aliphatic carbocycles. The van der Waals surface area contributed by atoms with Crippen molar-refractivity contribution in [3.8, 4) is 0 Å². The highest BCUT2D eigenvalue weighted by atomic mass is 32.2. The number of benzene rings is 3. The van der Waals surface area contributed by atoms with E-state index in [4.69, 9.17) is 0 Å². The van der Waals surface area contributed by atoms with Gasteiger partial charge in [-0.05, 0) is 50.6 Å². The zero-order valence-corrected chi connectivity index (χ0v) is 18.0. The third-order valence-electron chi connectivity index (χ3n) is 5.16. The molecule has 3 nitrogen and oxygen atoms in total. The Bertz CT molecular complexity index is 1170. The van der Waals surface area contributed by atoms with Gasteiger partial charge in [-0.2, -0.15) is 0 Å². The predicted octanol–water partition coefficient (Wildman–Crippen LogP) is 6.30. The molecular formula is C25H26N2OS. The van der Waals surface area contributed by atoms with Gasteiger partial charge in [0.1, 0.15) is 0 Å². The maximum atomic E-state index is 12.5. The lowest BCUT2D eigenvalue weighted by atomic mass is 10.1. The predicted molar refractivity (Wildman–Crippen MR) is 126 cm³/mol. The third kappa shape index (κ3) is 4.18. The molecule has 1 aromatic heterocycles. The fourth-order valence-electron chi connectivity index (χ4n) is 4.08. The van der Waals surface area contributed by atoms with Crippen molar-refractivity contribution in [1.82, 2.24) is 4.57 Å². The number of carbonyl (C=O) groups excluding carboxylic acids is 1. The van der Waals surface area contributed by atoms with E-state index in [-0.39, 0.29) is 5.91 Å². The molecule has 1 N–H and O–H groups in total. The number of aromatic nitrogens is 1. The Balaban J connectivity index is 1.46. The first-order valence-electron chi connectivity index (χ1n) is 10.0. The van der Waals surface area contributed by atoms with Crippen LogP contribution in [0.25, 0.3) is 21.8 Å². The second-order valence-electron chi connectivity index (χ2n) is 7.53. The van der Waals surface area contributed by atoms with Gasteiger partial charge in [0.15, 0.2) is 0 Å². The second kappa shape index (κ2) is 8.34. The number of para-hydroxylation sites is 1. The molecule has 4 aromatic rings. The fraction of sp³-hybridized carbons (Fsp3) is 0.240. The lowest BCUT2D eigenvalue weighted by Crippen LogP contribution is -2.14. The number of carbonyl (C=O) groups is 1. The Morgan fingerprint density at radius 2 is 1.66 bits per heavy atom. The third-order valence-corrected chi connectivity index (χ3v) is 6.16. The number of aryl methyl sites for hydroxylation is 3. The van der Waals surface area contributed by atoms with Crippen LogP contribution in [0.1, 0.15) is 23.6 Å². The molecule has 0 aliphatic heterocycles. The molecule has 0 fully saturated rings. The molecule has 4 heteroatoms. The molecule has 0 unspecified atom stereocenters. The number of hydrogen-bond acceptors (Lipinski definition) is 2. The van der Waals surface area contributed by atoms with Gasteiger partial charge in [0.25, 0.3) is 0 Å². The highest BCUT2D eigenvalue weighted by molar-refractivity contribution is 7.99.